The molecule has 8 heteroatoms. The molecule has 1 aliphatic heterocycles. The van der Waals surface area contributed by atoms with Crippen LogP contribution in [0.15, 0.2) is 21.3 Å². The molecule has 1 aliphatic rings. The van der Waals surface area contributed by atoms with E-state index in [4.69, 9.17) is 0 Å². The van der Waals surface area contributed by atoms with Crippen LogP contribution in [0.25, 0.3) is 9.88 Å². The van der Waals surface area contributed by atoms with Crippen molar-refractivity contribution >= 4 is 56.9 Å². The minimum atomic E-state index is 0. The van der Waals surface area contributed by atoms with Gasteiger partial charge in [0.2, 0.25) is 0 Å². The van der Waals surface area contributed by atoms with Crippen LogP contribution in [0.1, 0.15) is 16.9 Å². The van der Waals surface area contributed by atoms with Gasteiger partial charge in [-0.3, -0.25) is 4.79 Å². The molecule has 4 nitrogen and oxygen atoms in total. The molecule has 21 heavy (non-hydrogen) atoms. The molecule has 1 amide bonds. The number of thiophene rings is 1. The molecular weight excluding hydrogens is 394 g/mol. The zero-order valence-corrected chi connectivity index (χ0v) is 15.2. The largest absolute Gasteiger partial charge is 0.336 e. The van der Waals surface area contributed by atoms with Gasteiger partial charge in [0.05, 0.1) is 8.66 Å². The van der Waals surface area contributed by atoms with Crippen molar-refractivity contribution in [3.8, 4) is 9.88 Å². The normalized spacial score (nSPS) is 15.4. The summed E-state index contributed by atoms with van der Waals surface area (Å²) >= 11 is 6.61. The standard InChI is InChI=1S/C13H14BrN3OS2.ClH/c14-11-3-2-10(20-11)12-16-9(8-19-12)13(18)17-6-1-4-15-5-7-17;/h2-3,8,15H,1,4-7H2;1H. The van der Waals surface area contributed by atoms with Gasteiger partial charge in [-0.15, -0.1) is 35.1 Å². The highest BCUT2D eigenvalue weighted by Gasteiger charge is 2.20. The first-order chi connectivity index (χ1) is 9.74. The molecule has 1 saturated heterocycles. The highest BCUT2D eigenvalue weighted by Crippen LogP contribution is 2.33. The zero-order valence-electron chi connectivity index (χ0n) is 11.2. The van der Waals surface area contributed by atoms with Gasteiger partial charge in [0.15, 0.2) is 0 Å². The Bertz CT molecular complexity index is 608. The zero-order chi connectivity index (χ0) is 13.9. The first kappa shape index (κ1) is 16.9. The van der Waals surface area contributed by atoms with Gasteiger partial charge >= 0.3 is 0 Å². The second-order valence-electron chi connectivity index (χ2n) is 4.54. The topological polar surface area (TPSA) is 45.2 Å². The summed E-state index contributed by atoms with van der Waals surface area (Å²) in [5, 5.41) is 6.08. The molecule has 114 valence electrons. The Labute approximate surface area is 146 Å². The van der Waals surface area contributed by atoms with Gasteiger partial charge in [0, 0.05) is 25.0 Å². The lowest BCUT2D eigenvalue weighted by molar-refractivity contribution is 0.0761. The predicted octanol–water partition coefficient (Wildman–Crippen LogP) is 3.49. The number of hydrogen-bond acceptors (Lipinski definition) is 5. The van der Waals surface area contributed by atoms with E-state index < -0.39 is 0 Å². The van der Waals surface area contributed by atoms with Crippen molar-refractivity contribution in [1.29, 1.82) is 0 Å². The molecule has 0 aromatic carbocycles. The maximum absolute atomic E-state index is 12.4. The Morgan fingerprint density at radius 3 is 2.95 bits per heavy atom. The van der Waals surface area contributed by atoms with Gasteiger partial charge in [0.1, 0.15) is 10.7 Å². The molecule has 1 fully saturated rings. The van der Waals surface area contributed by atoms with Crippen molar-refractivity contribution in [2.75, 3.05) is 26.2 Å². The molecule has 0 atom stereocenters. The molecule has 2 aromatic rings. The SMILES string of the molecule is Cl.O=C(c1csc(-c2ccc(Br)s2)n1)N1CCCNCC1. The van der Waals surface area contributed by atoms with Crippen LogP contribution in [0.5, 0.6) is 0 Å². The van der Waals surface area contributed by atoms with E-state index in [2.05, 4.69) is 26.2 Å². The lowest BCUT2D eigenvalue weighted by Crippen LogP contribution is -2.34. The molecule has 3 heterocycles. The third-order valence-corrected chi connectivity index (χ3v) is 5.77. The summed E-state index contributed by atoms with van der Waals surface area (Å²) in [6, 6.07) is 4.03. The monoisotopic (exact) mass is 407 g/mol. The number of carbonyl (C=O) groups excluding carboxylic acids is 1. The van der Waals surface area contributed by atoms with E-state index in [1.54, 1.807) is 11.3 Å². The number of rotatable bonds is 2. The minimum Gasteiger partial charge on any atom is -0.336 e. The van der Waals surface area contributed by atoms with Crippen molar-refractivity contribution in [1.82, 2.24) is 15.2 Å². The molecular formula is C13H15BrClN3OS2. The molecule has 0 saturated carbocycles. The summed E-state index contributed by atoms with van der Waals surface area (Å²) in [7, 11) is 0. The van der Waals surface area contributed by atoms with Crippen LogP contribution < -0.4 is 5.32 Å². The lowest BCUT2D eigenvalue weighted by atomic mass is 10.3. The summed E-state index contributed by atoms with van der Waals surface area (Å²) in [5.74, 6) is 0.0480. The number of carbonyl (C=O) groups is 1. The van der Waals surface area contributed by atoms with Crippen molar-refractivity contribution in [2.24, 2.45) is 0 Å². The fraction of sp³-hybridized carbons (Fsp3) is 0.385. The average molecular weight is 409 g/mol. The number of amides is 1. The van der Waals surface area contributed by atoms with Crippen molar-refractivity contribution in [3.05, 3.63) is 27.0 Å². The fourth-order valence-electron chi connectivity index (χ4n) is 2.13. The quantitative estimate of drug-likeness (QED) is 0.827. The molecule has 0 unspecified atom stereocenters. The third kappa shape index (κ3) is 4.04. The molecule has 1 N–H and O–H groups in total. The molecule has 0 bridgehead atoms. The maximum atomic E-state index is 12.4. The van der Waals surface area contributed by atoms with E-state index in [9.17, 15) is 4.79 Å². The summed E-state index contributed by atoms with van der Waals surface area (Å²) in [5.41, 5.74) is 0.566. The number of thiazole rings is 1. The maximum Gasteiger partial charge on any atom is 0.273 e. The van der Waals surface area contributed by atoms with Crippen LogP contribution in [0.3, 0.4) is 0 Å². The van der Waals surface area contributed by atoms with E-state index in [-0.39, 0.29) is 18.3 Å². The Morgan fingerprint density at radius 1 is 1.33 bits per heavy atom. The average Bonchev–Trinajstić information content (AvgIpc) is 3.00. The highest BCUT2D eigenvalue weighted by molar-refractivity contribution is 9.11. The predicted molar refractivity (Wildman–Crippen MR) is 93.8 cm³/mol. The van der Waals surface area contributed by atoms with E-state index in [0.717, 1.165) is 46.3 Å². The van der Waals surface area contributed by atoms with Crippen LogP contribution in [0.4, 0.5) is 0 Å². The van der Waals surface area contributed by atoms with Crippen LogP contribution in [-0.2, 0) is 0 Å². The number of halogens is 2. The molecule has 2 aromatic heterocycles. The van der Waals surface area contributed by atoms with Gasteiger partial charge in [0.25, 0.3) is 5.91 Å². The van der Waals surface area contributed by atoms with E-state index in [0.29, 0.717) is 5.69 Å². The number of nitrogens with zero attached hydrogens (tertiary/aromatic N) is 2. The van der Waals surface area contributed by atoms with Crippen molar-refractivity contribution in [2.45, 2.75) is 6.42 Å². The van der Waals surface area contributed by atoms with Gasteiger partial charge in [-0.1, -0.05) is 0 Å². The van der Waals surface area contributed by atoms with Crippen LogP contribution in [0.2, 0.25) is 0 Å². The van der Waals surface area contributed by atoms with Crippen LogP contribution in [-0.4, -0.2) is 42.0 Å². The van der Waals surface area contributed by atoms with E-state index in [1.807, 2.05) is 22.4 Å². The first-order valence-corrected chi connectivity index (χ1v) is 8.94. The van der Waals surface area contributed by atoms with E-state index >= 15 is 0 Å². The second-order valence-corrected chi connectivity index (χ2v) is 7.86. The Morgan fingerprint density at radius 2 is 2.19 bits per heavy atom. The number of nitrogens with one attached hydrogen (secondary N) is 1. The van der Waals surface area contributed by atoms with E-state index in [1.165, 1.54) is 11.3 Å². The summed E-state index contributed by atoms with van der Waals surface area (Å²) in [6.45, 7) is 3.41. The Balaban J connectivity index is 0.00000161. The van der Waals surface area contributed by atoms with Gasteiger partial charge in [-0.05, 0) is 41.0 Å². The summed E-state index contributed by atoms with van der Waals surface area (Å²) in [4.78, 5) is 19.9. The lowest BCUT2D eigenvalue weighted by Gasteiger charge is -2.18. The minimum absolute atomic E-state index is 0. The smallest absolute Gasteiger partial charge is 0.273 e. The van der Waals surface area contributed by atoms with Gasteiger partial charge in [-0.2, -0.15) is 0 Å². The third-order valence-electron chi connectivity index (χ3n) is 3.13. The van der Waals surface area contributed by atoms with Crippen LogP contribution in [0, 0.1) is 0 Å². The van der Waals surface area contributed by atoms with Gasteiger partial charge in [-0.25, -0.2) is 4.98 Å². The summed E-state index contributed by atoms with van der Waals surface area (Å²) < 4.78 is 1.08. The van der Waals surface area contributed by atoms with Crippen molar-refractivity contribution in [3.63, 3.8) is 0 Å². The number of hydrogen-bond donors (Lipinski definition) is 1. The second kappa shape index (κ2) is 7.69. The fourth-order valence-corrected chi connectivity index (χ4v) is 4.38. The summed E-state index contributed by atoms with van der Waals surface area (Å²) in [6.07, 6.45) is 1.00. The molecule has 0 radical (unpaired) electrons. The number of aromatic nitrogens is 1. The van der Waals surface area contributed by atoms with Crippen molar-refractivity contribution < 1.29 is 4.79 Å². The highest BCUT2D eigenvalue weighted by atomic mass is 79.9. The molecule has 0 spiro atoms. The first-order valence-electron chi connectivity index (χ1n) is 6.45. The molecule has 0 aliphatic carbocycles. The van der Waals surface area contributed by atoms with Crippen LogP contribution >= 0.6 is 51.0 Å². The molecule has 3 rings (SSSR count). The van der Waals surface area contributed by atoms with Gasteiger partial charge < -0.3 is 10.2 Å². The Kier molecular flexibility index (Phi) is 6.19. The Hall–Kier alpha value is -0.470.